The lowest BCUT2D eigenvalue weighted by atomic mass is 10.0. The van der Waals surface area contributed by atoms with Crippen LogP contribution in [0.4, 0.5) is 21.9 Å². The SMILES string of the molecule is COc1ccc(N2C(=O)/C(=C\c3cc(C)n(-c4ccc(NS(C)(=O)=O)cc4)c3C)C(=O)N(c3ccccc3)C2=O)cc1. The lowest BCUT2D eigenvalue weighted by Gasteiger charge is -2.34. The fourth-order valence-corrected chi connectivity index (χ4v) is 5.44. The van der Waals surface area contributed by atoms with E-state index < -0.39 is 27.9 Å². The zero-order chi connectivity index (χ0) is 30.2. The summed E-state index contributed by atoms with van der Waals surface area (Å²) in [5.41, 5.74) is 3.80. The molecule has 0 radical (unpaired) electrons. The fraction of sp³-hybridized carbons (Fsp3) is 0.129. The predicted octanol–water partition coefficient (Wildman–Crippen LogP) is 5.06. The number of urea groups is 1. The Balaban J connectivity index is 1.59. The summed E-state index contributed by atoms with van der Waals surface area (Å²) in [6.45, 7) is 3.73. The summed E-state index contributed by atoms with van der Waals surface area (Å²) in [4.78, 5) is 43.2. The van der Waals surface area contributed by atoms with Gasteiger partial charge in [0, 0.05) is 22.8 Å². The molecule has 1 saturated heterocycles. The van der Waals surface area contributed by atoms with Gasteiger partial charge in [-0.05, 0) is 92.2 Å². The first-order valence-electron chi connectivity index (χ1n) is 12.9. The van der Waals surface area contributed by atoms with Crippen molar-refractivity contribution in [2.45, 2.75) is 13.8 Å². The number of anilines is 3. The molecule has 10 nitrogen and oxygen atoms in total. The van der Waals surface area contributed by atoms with Gasteiger partial charge in [0.2, 0.25) is 10.0 Å². The number of para-hydroxylation sites is 1. The number of aromatic nitrogens is 1. The Bertz CT molecular complexity index is 1830. The lowest BCUT2D eigenvalue weighted by molar-refractivity contribution is -0.121. The van der Waals surface area contributed by atoms with Gasteiger partial charge in [0.05, 0.1) is 24.7 Å². The molecule has 214 valence electrons. The normalized spacial score (nSPS) is 15.0. The Hall–Kier alpha value is -5.16. The van der Waals surface area contributed by atoms with Crippen LogP contribution in [0.15, 0.2) is 90.5 Å². The van der Waals surface area contributed by atoms with Crippen molar-refractivity contribution < 1.29 is 27.5 Å². The third-order valence-electron chi connectivity index (χ3n) is 6.79. The topological polar surface area (TPSA) is 118 Å². The van der Waals surface area contributed by atoms with Crippen LogP contribution in [-0.2, 0) is 19.6 Å². The molecule has 1 aliphatic heterocycles. The van der Waals surface area contributed by atoms with Crippen molar-refractivity contribution in [2.24, 2.45) is 0 Å². The van der Waals surface area contributed by atoms with Gasteiger partial charge in [-0.2, -0.15) is 0 Å². The van der Waals surface area contributed by atoms with Crippen molar-refractivity contribution in [1.82, 2.24) is 4.57 Å². The van der Waals surface area contributed by atoms with Crippen molar-refractivity contribution in [3.8, 4) is 11.4 Å². The standard InChI is InChI=1S/C31H28N4O6S/c1-20-18-22(21(2)33(20)25-12-10-23(11-13-25)32-42(4,39)40)19-28-29(36)34(24-8-6-5-7-9-24)31(38)35(30(28)37)26-14-16-27(41-3)17-15-26/h5-19,32H,1-4H3/b28-19-. The summed E-state index contributed by atoms with van der Waals surface area (Å²) in [6, 6.07) is 22.8. The Morgan fingerprint density at radius 3 is 1.86 bits per heavy atom. The number of ether oxygens (including phenoxy) is 1. The number of sulfonamides is 1. The van der Waals surface area contributed by atoms with Gasteiger partial charge in [-0.3, -0.25) is 14.3 Å². The maximum absolute atomic E-state index is 13.8. The van der Waals surface area contributed by atoms with Gasteiger partial charge >= 0.3 is 6.03 Å². The number of amides is 4. The van der Waals surface area contributed by atoms with Crippen LogP contribution in [-0.4, -0.2) is 44.2 Å². The first kappa shape index (κ1) is 28.4. The number of barbiturate groups is 1. The monoisotopic (exact) mass is 584 g/mol. The zero-order valence-electron chi connectivity index (χ0n) is 23.4. The Kier molecular flexibility index (Phi) is 7.44. The Morgan fingerprint density at radius 2 is 1.31 bits per heavy atom. The number of benzene rings is 3. The number of nitrogens with zero attached hydrogens (tertiary/aromatic N) is 3. The van der Waals surface area contributed by atoms with Gasteiger partial charge in [-0.1, -0.05) is 18.2 Å². The van der Waals surface area contributed by atoms with Crippen molar-refractivity contribution in [2.75, 3.05) is 27.9 Å². The highest BCUT2D eigenvalue weighted by molar-refractivity contribution is 7.92. The zero-order valence-corrected chi connectivity index (χ0v) is 24.2. The predicted molar refractivity (Wildman–Crippen MR) is 161 cm³/mol. The molecule has 0 bridgehead atoms. The number of aryl methyl sites for hydroxylation is 1. The molecule has 4 aromatic rings. The van der Waals surface area contributed by atoms with E-state index in [4.69, 9.17) is 4.74 Å². The number of imide groups is 2. The molecule has 0 saturated carbocycles. The number of rotatable bonds is 7. The quantitative estimate of drug-likeness (QED) is 0.240. The smallest absolute Gasteiger partial charge is 0.343 e. The fourth-order valence-electron chi connectivity index (χ4n) is 4.87. The highest BCUT2D eigenvalue weighted by Crippen LogP contribution is 2.32. The van der Waals surface area contributed by atoms with E-state index in [2.05, 4.69) is 4.72 Å². The van der Waals surface area contributed by atoms with Crippen LogP contribution in [0.25, 0.3) is 11.8 Å². The minimum Gasteiger partial charge on any atom is -0.497 e. The minimum absolute atomic E-state index is 0.178. The van der Waals surface area contributed by atoms with Crippen molar-refractivity contribution in [1.29, 1.82) is 0 Å². The number of hydrogen-bond acceptors (Lipinski definition) is 6. The Labute approximate surface area is 243 Å². The number of hydrogen-bond donors (Lipinski definition) is 1. The van der Waals surface area contributed by atoms with E-state index in [0.717, 1.165) is 33.1 Å². The molecule has 4 amide bonds. The van der Waals surface area contributed by atoms with Gasteiger partial charge in [0.1, 0.15) is 11.3 Å². The number of carbonyl (C=O) groups is 3. The van der Waals surface area contributed by atoms with Crippen LogP contribution in [0.5, 0.6) is 5.75 Å². The number of methoxy groups -OCH3 is 1. The summed E-state index contributed by atoms with van der Waals surface area (Å²) in [5, 5.41) is 0. The van der Waals surface area contributed by atoms with Crippen LogP contribution < -0.4 is 19.3 Å². The van der Waals surface area contributed by atoms with Crippen LogP contribution in [0.2, 0.25) is 0 Å². The van der Waals surface area contributed by atoms with Crippen LogP contribution in [0.3, 0.4) is 0 Å². The lowest BCUT2D eigenvalue weighted by Crippen LogP contribution is -2.57. The van der Waals surface area contributed by atoms with E-state index >= 15 is 0 Å². The molecule has 0 aliphatic carbocycles. The summed E-state index contributed by atoms with van der Waals surface area (Å²) in [6.07, 6.45) is 2.58. The second-order valence-electron chi connectivity index (χ2n) is 9.74. The van der Waals surface area contributed by atoms with Crippen molar-refractivity contribution >= 4 is 51.0 Å². The summed E-state index contributed by atoms with van der Waals surface area (Å²) in [5.74, 6) is -0.930. The Morgan fingerprint density at radius 1 is 0.762 bits per heavy atom. The summed E-state index contributed by atoms with van der Waals surface area (Å²) < 4.78 is 32.7. The first-order valence-corrected chi connectivity index (χ1v) is 14.8. The third kappa shape index (κ3) is 5.41. The first-order chi connectivity index (χ1) is 20.0. The average molecular weight is 585 g/mol. The molecule has 0 spiro atoms. The van der Waals surface area contributed by atoms with E-state index in [1.807, 2.05) is 24.5 Å². The van der Waals surface area contributed by atoms with Gasteiger partial charge in [0.25, 0.3) is 11.8 Å². The summed E-state index contributed by atoms with van der Waals surface area (Å²) >= 11 is 0. The van der Waals surface area contributed by atoms with Gasteiger partial charge in [0.15, 0.2) is 0 Å². The molecule has 11 heteroatoms. The van der Waals surface area contributed by atoms with Crippen LogP contribution in [0, 0.1) is 13.8 Å². The highest BCUT2D eigenvalue weighted by Gasteiger charge is 2.43. The second kappa shape index (κ2) is 11.0. The molecular formula is C31H28N4O6S. The van der Waals surface area contributed by atoms with Crippen molar-refractivity contribution in [3.05, 3.63) is 107 Å². The van der Waals surface area contributed by atoms with Gasteiger partial charge in [-0.15, -0.1) is 0 Å². The second-order valence-corrected chi connectivity index (χ2v) is 11.5. The number of nitrogens with one attached hydrogen (secondary N) is 1. The molecular weight excluding hydrogens is 556 g/mol. The summed E-state index contributed by atoms with van der Waals surface area (Å²) in [7, 11) is -1.90. The maximum Gasteiger partial charge on any atom is 0.343 e. The van der Waals surface area contributed by atoms with Crippen LogP contribution >= 0.6 is 0 Å². The van der Waals surface area contributed by atoms with E-state index in [1.54, 1.807) is 78.9 Å². The third-order valence-corrected chi connectivity index (χ3v) is 7.40. The largest absolute Gasteiger partial charge is 0.497 e. The average Bonchev–Trinajstić information content (AvgIpc) is 3.24. The highest BCUT2D eigenvalue weighted by atomic mass is 32.2. The van der Waals surface area contributed by atoms with E-state index in [9.17, 15) is 22.8 Å². The molecule has 2 heterocycles. The number of carbonyl (C=O) groups excluding carboxylic acids is 3. The van der Waals surface area contributed by atoms with Gasteiger partial charge < -0.3 is 9.30 Å². The maximum atomic E-state index is 13.8. The molecule has 1 aliphatic rings. The van der Waals surface area contributed by atoms with E-state index in [1.165, 1.54) is 13.2 Å². The molecule has 3 aromatic carbocycles. The molecule has 5 rings (SSSR count). The minimum atomic E-state index is -3.42. The molecule has 1 fully saturated rings. The molecule has 1 N–H and O–H groups in total. The molecule has 0 atom stereocenters. The van der Waals surface area contributed by atoms with E-state index in [0.29, 0.717) is 28.4 Å². The van der Waals surface area contributed by atoms with E-state index in [-0.39, 0.29) is 5.57 Å². The van der Waals surface area contributed by atoms with Crippen molar-refractivity contribution in [3.63, 3.8) is 0 Å². The molecule has 1 aromatic heterocycles. The van der Waals surface area contributed by atoms with Gasteiger partial charge in [-0.25, -0.2) is 23.0 Å². The van der Waals surface area contributed by atoms with Crippen LogP contribution in [0.1, 0.15) is 17.0 Å². The molecule has 0 unspecified atom stereocenters. The molecule has 42 heavy (non-hydrogen) atoms.